The largest absolute Gasteiger partial charge is 0.365 e. The Bertz CT molecular complexity index is 1200. The van der Waals surface area contributed by atoms with Crippen LogP contribution in [-0.4, -0.2) is 19.5 Å². The van der Waals surface area contributed by atoms with Gasteiger partial charge >= 0.3 is 5.69 Å². The minimum Gasteiger partial charge on any atom is -0.365 e. The second-order valence-corrected chi connectivity index (χ2v) is 8.25. The van der Waals surface area contributed by atoms with E-state index in [2.05, 4.69) is 32.4 Å². The number of rotatable bonds is 4. The van der Waals surface area contributed by atoms with Gasteiger partial charge in [-0.05, 0) is 30.5 Å². The SMILES string of the molecule is O=c1[nH]c2cc3c(NCc4ccccc4)ncnc3cc2n1C1CCCCCCC1. The Hall–Kier alpha value is -3.15. The molecule has 154 valence electrons. The van der Waals surface area contributed by atoms with Crippen molar-refractivity contribution in [2.24, 2.45) is 0 Å². The third-order valence-corrected chi connectivity index (χ3v) is 6.22. The lowest BCUT2D eigenvalue weighted by Crippen LogP contribution is -2.23. The first-order chi connectivity index (χ1) is 14.8. The lowest BCUT2D eigenvalue weighted by Gasteiger charge is -2.21. The van der Waals surface area contributed by atoms with Crippen LogP contribution in [-0.2, 0) is 6.54 Å². The van der Waals surface area contributed by atoms with Crippen molar-refractivity contribution in [1.82, 2.24) is 19.5 Å². The van der Waals surface area contributed by atoms with Crippen molar-refractivity contribution in [1.29, 1.82) is 0 Å². The number of nitrogens with one attached hydrogen (secondary N) is 2. The van der Waals surface area contributed by atoms with Gasteiger partial charge in [0.25, 0.3) is 0 Å². The van der Waals surface area contributed by atoms with Crippen LogP contribution < -0.4 is 11.0 Å². The summed E-state index contributed by atoms with van der Waals surface area (Å²) in [6.45, 7) is 0.685. The molecular weight excluding hydrogens is 374 g/mol. The van der Waals surface area contributed by atoms with Crippen LogP contribution in [0, 0.1) is 0 Å². The number of hydrogen-bond donors (Lipinski definition) is 2. The molecule has 6 nitrogen and oxygen atoms in total. The molecule has 1 fully saturated rings. The van der Waals surface area contributed by atoms with Gasteiger partial charge in [0.1, 0.15) is 12.1 Å². The molecule has 0 aliphatic heterocycles. The van der Waals surface area contributed by atoms with Crippen LogP contribution in [0.2, 0.25) is 0 Å². The zero-order valence-electron chi connectivity index (χ0n) is 17.1. The highest BCUT2D eigenvalue weighted by atomic mass is 16.1. The molecule has 0 saturated heterocycles. The molecule has 4 aromatic rings. The van der Waals surface area contributed by atoms with E-state index in [9.17, 15) is 4.79 Å². The van der Waals surface area contributed by atoms with E-state index in [0.717, 1.165) is 40.6 Å². The van der Waals surface area contributed by atoms with Gasteiger partial charge in [0.15, 0.2) is 0 Å². The highest BCUT2D eigenvalue weighted by Crippen LogP contribution is 2.30. The molecule has 2 N–H and O–H groups in total. The van der Waals surface area contributed by atoms with Crippen molar-refractivity contribution < 1.29 is 0 Å². The Morgan fingerprint density at radius 1 is 1.00 bits per heavy atom. The normalized spacial score (nSPS) is 15.9. The van der Waals surface area contributed by atoms with Crippen molar-refractivity contribution in [3.63, 3.8) is 0 Å². The fourth-order valence-corrected chi connectivity index (χ4v) is 4.65. The van der Waals surface area contributed by atoms with Crippen LogP contribution in [0.15, 0.2) is 53.6 Å². The van der Waals surface area contributed by atoms with Gasteiger partial charge in [0, 0.05) is 18.0 Å². The summed E-state index contributed by atoms with van der Waals surface area (Å²) in [5.74, 6) is 0.783. The summed E-state index contributed by atoms with van der Waals surface area (Å²) >= 11 is 0. The number of fused-ring (bicyclic) bond motifs is 2. The van der Waals surface area contributed by atoms with Crippen LogP contribution in [0.4, 0.5) is 5.82 Å². The second kappa shape index (κ2) is 8.30. The molecule has 0 radical (unpaired) electrons. The van der Waals surface area contributed by atoms with Gasteiger partial charge in [0.05, 0.1) is 16.6 Å². The molecule has 0 atom stereocenters. The summed E-state index contributed by atoms with van der Waals surface area (Å²) in [7, 11) is 0. The van der Waals surface area contributed by atoms with E-state index in [-0.39, 0.29) is 11.7 Å². The van der Waals surface area contributed by atoms with E-state index < -0.39 is 0 Å². The molecule has 2 aromatic heterocycles. The first-order valence-corrected chi connectivity index (χ1v) is 11.0. The zero-order chi connectivity index (χ0) is 20.3. The summed E-state index contributed by atoms with van der Waals surface area (Å²) in [4.78, 5) is 24.9. The van der Waals surface area contributed by atoms with Crippen LogP contribution in [0.1, 0.15) is 56.6 Å². The van der Waals surface area contributed by atoms with Gasteiger partial charge in [-0.3, -0.25) is 4.57 Å². The Balaban J connectivity index is 1.52. The molecule has 1 aliphatic carbocycles. The maximum Gasteiger partial charge on any atom is 0.326 e. The van der Waals surface area contributed by atoms with E-state index >= 15 is 0 Å². The number of H-pyrrole nitrogens is 1. The molecule has 1 saturated carbocycles. The third kappa shape index (κ3) is 3.70. The van der Waals surface area contributed by atoms with Gasteiger partial charge in [-0.25, -0.2) is 14.8 Å². The average Bonchev–Trinajstić information content (AvgIpc) is 3.06. The van der Waals surface area contributed by atoms with Crippen molar-refractivity contribution >= 4 is 27.8 Å². The van der Waals surface area contributed by atoms with Crippen LogP contribution in [0.25, 0.3) is 21.9 Å². The van der Waals surface area contributed by atoms with Crippen molar-refractivity contribution in [3.05, 3.63) is 64.8 Å². The third-order valence-electron chi connectivity index (χ3n) is 6.22. The van der Waals surface area contributed by atoms with Crippen molar-refractivity contribution in [2.45, 2.75) is 57.5 Å². The predicted molar refractivity (Wildman–Crippen MR) is 121 cm³/mol. The molecule has 1 aliphatic rings. The van der Waals surface area contributed by atoms with Gasteiger partial charge in [0.2, 0.25) is 0 Å². The molecule has 0 bridgehead atoms. The summed E-state index contributed by atoms with van der Waals surface area (Å²) in [5.41, 5.74) is 3.83. The standard InChI is InChI=1S/C24H27N5O/c30-24-28-21-13-19-20(14-22(21)29(24)18-11-7-2-1-3-8-12-18)26-16-27-23(19)25-15-17-9-5-4-6-10-17/h4-6,9-10,13-14,16,18H,1-3,7-8,11-12,15H2,(H,28,30)(H,25,26,27). The molecule has 2 heterocycles. The van der Waals surface area contributed by atoms with Crippen molar-refractivity contribution in [2.75, 3.05) is 5.32 Å². The van der Waals surface area contributed by atoms with Crippen LogP contribution in [0.5, 0.6) is 0 Å². The lowest BCUT2D eigenvalue weighted by molar-refractivity contribution is 0.372. The van der Waals surface area contributed by atoms with Gasteiger partial charge < -0.3 is 10.3 Å². The monoisotopic (exact) mass is 401 g/mol. The predicted octanol–water partition coefficient (Wildman–Crippen LogP) is 5.17. The van der Waals surface area contributed by atoms with Gasteiger partial charge in [-0.2, -0.15) is 0 Å². The van der Waals surface area contributed by atoms with E-state index in [4.69, 9.17) is 0 Å². The molecule has 6 heteroatoms. The number of hydrogen-bond acceptors (Lipinski definition) is 4. The molecule has 0 unspecified atom stereocenters. The number of benzene rings is 2. The van der Waals surface area contributed by atoms with Crippen LogP contribution in [0.3, 0.4) is 0 Å². The summed E-state index contributed by atoms with van der Waals surface area (Å²) in [6.07, 6.45) is 9.94. The molecule has 0 spiro atoms. The summed E-state index contributed by atoms with van der Waals surface area (Å²) < 4.78 is 1.97. The molecule has 2 aromatic carbocycles. The smallest absolute Gasteiger partial charge is 0.326 e. The Kier molecular flexibility index (Phi) is 5.22. The summed E-state index contributed by atoms with van der Waals surface area (Å²) in [6, 6.07) is 14.6. The molecule has 30 heavy (non-hydrogen) atoms. The summed E-state index contributed by atoms with van der Waals surface area (Å²) in [5, 5.41) is 4.34. The van der Waals surface area contributed by atoms with Crippen LogP contribution >= 0.6 is 0 Å². The first kappa shape index (κ1) is 18.9. The second-order valence-electron chi connectivity index (χ2n) is 8.25. The maximum atomic E-state index is 12.9. The van der Waals surface area contributed by atoms with E-state index in [1.807, 2.05) is 34.9 Å². The number of aromatic amines is 1. The minimum absolute atomic E-state index is 0.0161. The molecular formula is C24H27N5O. The lowest BCUT2D eigenvalue weighted by atomic mass is 9.96. The molecule has 0 amide bonds. The maximum absolute atomic E-state index is 12.9. The number of aromatic nitrogens is 4. The number of anilines is 1. The topological polar surface area (TPSA) is 75.6 Å². The van der Waals surface area contributed by atoms with E-state index in [0.29, 0.717) is 6.54 Å². The number of imidazole rings is 1. The fraction of sp³-hybridized carbons (Fsp3) is 0.375. The number of nitrogens with zero attached hydrogens (tertiary/aromatic N) is 3. The Morgan fingerprint density at radius 3 is 2.57 bits per heavy atom. The Morgan fingerprint density at radius 2 is 1.77 bits per heavy atom. The zero-order valence-corrected chi connectivity index (χ0v) is 17.1. The van der Waals surface area contributed by atoms with Gasteiger partial charge in [-0.1, -0.05) is 62.4 Å². The fourth-order valence-electron chi connectivity index (χ4n) is 4.65. The average molecular weight is 402 g/mol. The van der Waals surface area contributed by atoms with Crippen molar-refractivity contribution in [3.8, 4) is 0 Å². The first-order valence-electron chi connectivity index (χ1n) is 11.0. The highest BCUT2D eigenvalue weighted by Gasteiger charge is 2.19. The Labute approximate surface area is 175 Å². The van der Waals surface area contributed by atoms with Gasteiger partial charge in [-0.15, -0.1) is 0 Å². The van der Waals surface area contributed by atoms with E-state index in [1.54, 1.807) is 6.33 Å². The minimum atomic E-state index is -0.0161. The molecule has 5 rings (SSSR count). The highest BCUT2D eigenvalue weighted by molar-refractivity contribution is 5.98. The quantitative estimate of drug-likeness (QED) is 0.495. The van der Waals surface area contributed by atoms with E-state index in [1.165, 1.54) is 37.7 Å².